The molecule has 1 aliphatic rings. The number of aryl methyl sites for hydroxylation is 1. The van der Waals surface area contributed by atoms with Gasteiger partial charge in [-0.05, 0) is 34.8 Å². The van der Waals surface area contributed by atoms with E-state index in [2.05, 4.69) is 14.8 Å². The van der Waals surface area contributed by atoms with Crippen LogP contribution in [0.4, 0.5) is 11.4 Å². The molecule has 0 amide bonds. The number of rotatable bonds is 5. The number of hydrogen-bond acceptors (Lipinski definition) is 8. The normalized spacial score (nSPS) is 15.6. The SMILES string of the molecule is CC(C)(C)CCn1ccc(O)c(C2=N[P+](O)(O)c3cc(NS(C)(=O)=O)ccc3N2)c1=O. The highest BCUT2D eigenvalue weighted by atomic mass is 32.2. The molecular weight excluding hydrogens is 443 g/mol. The summed E-state index contributed by atoms with van der Waals surface area (Å²) < 4.78 is 30.5. The van der Waals surface area contributed by atoms with Crippen LogP contribution in [0.3, 0.4) is 0 Å². The van der Waals surface area contributed by atoms with Crippen molar-refractivity contribution in [1.82, 2.24) is 4.57 Å². The molecule has 31 heavy (non-hydrogen) atoms. The zero-order valence-corrected chi connectivity index (χ0v) is 19.3. The van der Waals surface area contributed by atoms with Gasteiger partial charge in [0.25, 0.3) is 5.56 Å². The number of fused-ring (bicyclic) bond motifs is 1. The second kappa shape index (κ2) is 7.90. The van der Waals surface area contributed by atoms with Crippen LogP contribution in [-0.4, -0.2) is 40.0 Å². The highest BCUT2D eigenvalue weighted by Crippen LogP contribution is 2.55. The molecule has 0 unspecified atom stereocenters. The van der Waals surface area contributed by atoms with Gasteiger partial charge >= 0.3 is 7.87 Å². The highest BCUT2D eigenvalue weighted by Gasteiger charge is 2.45. The fourth-order valence-corrected chi connectivity index (χ4v) is 4.90. The Kier molecular flexibility index (Phi) is 5.92. The van der Waals surface area contributed by atoms with E-state index in [1.165, 1.54) is 35.0 Å². The number of aromatic nitrogens is 1. The third-order valence-electron chi connectivity index (χ3n) is 4.60. The van der Waals surface area contributed by atoms with Gasteiger partial charge in [-0.15, -0.1) is 0 Å². The molecule has 0 atom stereocenters. The van der Waals surface area contributed by atoms with Crippen LogP contribution in [0, 0.1) is 5.41 Å². The molecule has 10 nitrogen and oxygen atoms in total. The summed E-state index contributed by atoms with van der Waals surface area (Å²) in [4.78, 5) is 34.2. The van der Waals surface area contributed by atoms with Crippen molar-refractivity contribution in [1.29, 1.82) is 0 Å². The Bertz CT molecular complexity index is 1210. The van der Waals surface area contributed by atoms with E-state index in [0.717, 1.165) is 6.26 Å². The average molecular weight is 469 g/mol. The van der Waals surface area contributed by atoms with Gasteiger partial charge in [0.05, 0.1) is 17.6 Å². The summed E-state index contributed by atoms with van der Waals surface area (Å²) in [5, 5.41) is 13.2. The summed E-state index contributed by atoms with van der Waals surface area (Å²) in [7, 11) is -7.67. The van der Waals surface area contributed by atoms with Crippen LogP contribution in [0.25, 0.3) is 0 Å². The van der Waals surface area contributed by atoms with Gasteiger partial charge in [-0.2, -0.15) is 9.79 Å². The molecule has 0 fully saturated rings. The quantitative estimate of drug-likeness (QED) is 0.417. The third kappa shape index (κ3) is 5.43. The summed E-state index contributed by atoms with van der Waals surface area (Å²) >= 11 is 0. The van der Waals surface area contributed by atoms with E-state index in [4.69, 9.17) is 0 Å². The van der Waals surface area contributed by atoms with E-state index in [9.17, 15) is 28.1 Å². The Labute approximate surface area is 180 Å². The van der Waals surface area contributed by atoms with Crippen molar-refractivity contribution < 1.29 is 23.3 Å². The van der Waals surface area contributed by atoms with E-state index in [1.54, 1.807) is 0 Å². The minimum atomic E-state index is -4.11. The monoisotopic (exact) mass is 469 g/mol. The van der Waals surface area contributed by atoms with E-state index >= 15 is 0 Å². The van der Waals surface area contributed by atoms with Crippen molar-refractivity contribution in [2.75, 3.05) is 16.3 Å². The first kappa shape index (κ1) is 23.2. The second-order valence-corrected chi connectivity index (χ2v) is 12.2. The van der Waals surface area contributed by atoms with Crippen LogP contribution >= 0.6 is 7.87 Å². The minimum Gasteiger partial charge on any atom is -0.507 e. The van der Waals surface area contributed by atoms with Crippen LogP contribution in [0.2, 0.25) is 0 Å². The van der Waals surface area contributed by atoms with Crippen molar-refractivity contribution in [2.45, 2.75) is 33.7 Å². The molecule has 0 saturated carbocycles. The topological polar surface area (TPSA) is 153 Å². The predicted molar refractivity (Wildman–Crippen MR) is 122 cm³/mol. The van der Waals surface area contributed by atoms with Crippen LogP contribution in [0.15, 0.2) is 40.0 Å². The highest BCUT2D eigenvalue weighted by molar-refractivity contribution is 7.92. The summed E-state index contributed by atoms with van der Waals surface area (Å²) in [6.07, 6.45) is 3.17. The van der Waals surface area contributed by atoms with Gasteiger partial charge in [-0.25, -0.2) is 8.42 Å². The molecule has 1 aromatic carbocycles. The molecule has 3 rings (SSSR count). The lowest BCUT2D eigenvalue weighted by Crippen LogP contribution is -2.34. The van der Waals surface area contributed by atoms with Crippen molar-refractivity contribution in [3.05, 3.63) is 46.4 Å². The Morgan fingerprint density at radius 3 is 2.52 bits per heavy atom. The summed E-state index contributed by atoms with van der Waals surface area (Å²) in [6.45, 7) is 6.56. The van der Waals surface area contributed by atoms with Crippen LogP contribution in [0.1, 0.15) is 32.8 Å². The average Bonchev–Trinajstić information content (AvgIpc) is 2.59. The molecule has 1 aromatic heterocycles. The van der Waals surface area contributed by atoms with Crippen LogP contribution in [-0.2, 0) is 16.6 Å². The number of amidine groups is 1. The molecule has 1 aliphatic heterocycles. The van der Waals surface area contributed by atoms with Gasteiger partial charge in [0.1, 0.15) is 11.3 Å². The van der Waals surface area contributed by atoms with Gasteiger partial charge in [0.15, 0.2) is 5.84 Å². The Hall–Kier alpha value is -2.46. The summed E-state index contributed by atoms with van der Waals surface area (Å²) in [5.74, 6) is -0.510. The van der Waals surface area contributed by atoms with E-state index in [1.807, 2.05) is 20.8 Å². The number of nitrogens with one attached hydrogen (secondary N) is 2. The predicted octanol–water partition coefficient (Wildman–Crippen LogP) is 1.61. The van der Waals surface area contributed by atoms with E-state index in [-0.39, 0.29) is 39.2 Å². The van der Waals surface area contributed by atoms with Gasteiger partial charge in [-0.1, -0.05) is 20.8 Å². The van der Waals surface area contributed by atoms with Gasteiger partial charge in [0, 0.05) is 18.8 Å². The smallest absolute Gasteiger partial charge is 0.429 e. The summed E-state index contributed by atoms with van der Waals surface area (Å²) in [6, 6.07) is 5.50. The zero-order chi connectivity index (χ0) is 23.2. The van der Waals surface area contributed by atoms with Gasteiger partial charge < -0.3 is 15.0 Å². The molecule has 168 valence electrons. The number of hydrogen-bond donors (Lipinski definition) is 5. The molecular formula is C19H26N4O6PS+. The minimum absolute atomic E-state index is 0.00613. The van der Waals surface area contributed by atoms with Crippen molar-refractivity contribution >= 4 is 40.4 Å². The second-order valence-electron chi connectivity index (χ2n) is 8.63. The number of aromatic hydroxyl groups is 1. The molecule has 0 spiro atoms. The van der Waals surface area contributed by atoms with E-state index in [0.29, 0.717) is 13.0 Å². The first-order valence-electron chi connectivity index (χ1n) is 9.43. The Morgan fingerprint density at radius 1 is 1.23 bits per heavy atom. The molecule has 0 bridgehead atoms. The molecule has 0 aliphatic carbocycles. The van der Waals surface area contributed by atoms with Crippen molar-refractivity contribution in [2.24, 2.45) is 10.2 Å². The maximum absolute atomic E-state index is 13.0. The lowest BCUT2D eigenvalue weighted by atomic mass is 9.92. The molecule has 5 N–H and O–H groups in total. The van der Waals surface area contributed by atoms with Gasteiger partial charge in [-0.3, -0.25) is 9.52 Å². The zero-order valence-electron chi connectivity index (χ0n) is 17.6. The number of nitrogens with zero attached hydrogens (tertiary/aromatic N) is 2. The number of benzene rings is 1. The molecule has 0 saturated heterocycles. The fraction of sp³-hybridized carbons (Fsp3) is 0.368. The summed E-state index contributed by atoms with van der Waals surface area (Å²) in [5.41, 5.74) is -0.319. The number of sulfonamides is 1. The lowest BCUT2D eigenvalue weighted by Gasteiger charge is -2.22. The number of anilines is 2. The van der Waals surface area contributed by atoms with Crippen LogP contribution < -0.4 is 20.9 Å². The Balaban J connectivity index is 2.02. The maximum atomic E-state index is 13.0. The van der Waals surface area contributed by atoms with Gasteiger partial charge in [0.2, 0.25) is 15.3 Å². The standard InChI is InChI=1S/C19H25N4O6PS/c1-19(2,3)8-10-23-9-7-14(24)16(18(23)25)17-20-13-6-5-12(22-31(4,28)29)11-15(13)30(26,27)21-17/h5-7,9,11,22,26-27H,8,10H2,1-4H3,(H-,20,21,24,25)/p+1. The van der Waals surface area contributed by atoms with Crippen molar-refractivity contribution in [3.63, 3.8) is 0 Å². The molecule has 2 aromatic rings. The first-order chi connectivity index (χ1) is 14.2. The maximum Gasteiger partial charge on any atom is 0.429 e. The Morgan fingerprint density at radius 2 is 1.90 bits per heavy atom. The number of pyridine rings is 1. The molecule has 0 radical (unpaired) electrons. The third-order valence-corrected chi connectivity index (χ3v) is 6.70. The first-order valence-corrected chi connectivity index (χ1v) is 13.0. The molecule has 2 heterocycles. The largest absolute Gasteiger partial charge is 0.507 e. The van der Waals surface area contributed by atoms with Crippen molar-refractivity contribution in [3.8, 4) is 5.75 Å². The van der Waals surface area contributed by atoms with Crippen LogP contribution in [0.5, 0.6) is 5.75 Å². The molecule has 12 heteroatoms. The fourth-order valence-electron chi connectivity index (χ4n) is 3.04. The lowest BCUT2D eigenvalue weighted by molar-refractivity contribution is 0.347. The van der Waals surface area contributed by atoms with E-state index < -0.39 is 23.4 Å².